The maximum absolute atomic E-state index is 5.03. The van der Waals surface area contributed by atoms with Crippen molar-refractivity contribution in [3.63, 3.8) is 0 Å². The minimum absolute atomic E-state index is 0.446. The van der Waals surface area contributed by atoms with Crippen molar-refractivity contribution in [1.29, 1.82) is 0 Å². The molecule has 1 heterocycles. The Morgan fingerprint density at radius 1 is 1.40 bits per heavy atom. The molecule has 2 rings (SSSR count). The molecule has 0 amide bonds. The number of thiocarbonyl (C=S) groups is 1. The van der Waals surface area contributed by atoms with E-state index < -0.39 is 0 Å². The summed E-state index contributed by atoms with van der Waals surface area (Å²) in [4.78, 5) is 0. The summed E-state index contributed by atoms with van der Waals surface area (Å²) >= 11 is 5.03. The van der Waals surface area contributed by atoms with Gasteiger partial charge in [0.1, 0.15) is 0 Å². The molecule has 0 spiro atoms. The van der Waals surface area contributed by atoms with Gasteiger partial charge in [0.2, 0.25) is 0 Å². The molecule has 6 heteroatoms. The molecule has 0 saturated heterocycles. The van der Waals surface area contributed by atoms with E-state index in [0.717, 1.165) is 16.8 Å². The molecule has 0 saturated carbocycles. The lowest BCUT2D eigenvalue weighted by Gasteiger charge is -2.03. The topological polar surface area (TPSA) is 65.1 Å². The normalized spacial score (nSPS) is 10.4. The second-order valence-corrected chi connectivity index (χ2v) is 4.34. The minimum Gasteiger partial charge on any atom is -0.358 e. The molecule has 5 nitrogen and oxygen atoms in total. The van der Waals surface area contributed by atoms with Gasteiger partial charge < -0.3 is 5.32 Å². The first-order chi connectivity index (χ1) is 9.81. The van der Waals surface area contributed by atoms with E-state index in [1.165, 1.54) is 0 Å². The van der Waals surface area contributed by atoms with Crippen LogP contribution in [-0.4, -0.2) is 28.1 Å². The number of benzene rings is 1. The van der Waals surface area contributed by atoms with Crippen molar-refractivity contribution in [1.82, 2.24) is 20.9 Å². The van der Waals surface area contributed by atoms with Crippen molar-refractivity contribution in [2.24, 2.45) is 5.10 Å². The Kier molecular flexibility index (Phi) is 5.02. The average molecular weight is 285 g/mol. The molecule has 0 aliphatic heterocycles. The second-order valence-electron chi connectivity index (χ2n) is 3.93. The molecule has 0 atom stereocenters. The van der Waals surface area contributed by atoms with Gasteiger partial charge in [-0.2, -0.15) is 10.2 Å². The molecule has 0 bridgehead atoms. The number of hydrogen-bond donors (Lipinski definition) is 3. The van der Waals surface area contributed by atoms with Crippen LogP contribution in [0.2, 0.25) is 0 Å². The van der Waals surface area contributed by atoms with Crippen LogP contribution in [0.25, 0.3) is 11.1 Å². The van der Waals surface area contributed by atoms with Crippen molar-refractivity contribution in [3.05, 3.63) is 54.9 Å². The zero-order chi connectivity index (χ0) is 14.2. The van der Waals surface area contributed by atoms with Crippen LogP contribution in [-0.2, 0) is 0 Å². The highest BCUT2D eigenvalue weighted by Gasteiger charge is 2.04. The SMILES string of the molecule is C=CCNC(=S)NN=Cc1[nH]ncc1-c1ccccc1. The first-order valence-corrected chi connectivity index (χ1v) is 6.48. The van der Waals surface area contributed by atoms with E-state index in [2.05, 4.69) is 32.6 Å². The molecule has 20 heavy (non-hydrogen) atoms. The minimum atomic E-state index is 0.446. The van der Waals surface area contributed by atoms with Crippen LogP contribution in [0.15, 0.2) is 54.3 Å². The van der Waals surface area contributed by atoms with Gasteiger partial charge in [-0.1, -0.05) is 36.4 Å². The molecular weight excluding hydrogens is 270 g/mol. The summed E-state index contributed by atoms with van der Waals surface area (Å²) in [7, 11) is 0. The summed E-state index contributed by atoms with van der Waals surface area (Å²) in [6.45, 7) is 4.20. The van der Waals surface area contributed by atoms with Crippen molar-refractivity contribution in [3.8, 4) is 11.1 Å². The van der Waals surface area contributed by atoms with E-state index in [1.54, 1.807) is 18.5 Å². The standard InChI is InChI=1S/C14H15N5S/c1-2-8-15-14(20)19-17-10-13-12(9-16-18-13)11-6-4-3-5-7-11/h2-7,9-10H,1,8H2,(H,16,18)(H2,15,19,20). The fourth-order valence-corrected chi connectivity index (χ4v) is 1.74. The molecule has 0 fully saturated rings. The molecule has 1 aromatic heterocycles. The summed E-state index contributed by atoms with van der Waals surface area (Å²) in [5.74, 6) is 0. The maximum Gasteiger partial charge on any atom is 0.187 e. The highest BCUT2D eigenvalue weighted by molar-refractivity contribution is 7.80. The van der Waals surface area contributed by atoms with Gasteiger partial charge in [-0.05, 0) is 17.8 Å². The van der Waals surface area contributed by atoms with Gasteiger partial charge >= 0.3 is 0 Å². The van der Waals surface area contributed by atoms with Crippen molar-refractivity contribution in [2.75, 3.05) is 6.54 Å². The highest BCUT2D eigenvalue weighted by Crippen LogP contribution is 2.19. The third-order valence-corrected chi connectivity index (χ3v) is 2.76. The molecular formula is C14H15N5S. The van der Waals surface area contributed by atoms with Crippen LogP contribution in [0.5, 0.6) is 0 Å². The lowest BCUT2D eigenvalue weighted by Crippen LogP contribution is -2.31. The van der Waals surface area contributed by atoms with Crippen LogP contribution in [0.3, 0.4) is 0 Å². The Morgan fingerprint density at radius 2 is 2.20 bits per heavy atom. The van der Waals surface area contributed by atoms with E-state index in [1.807, 2.05) is 30.3 Å². The molecule has 2 aromatic rings. The number of hydrogen-bond acceptors (Lipinski definition) is 3. The van der Waals surface area contributed by atoms with E-state index in [-0.39, 0.29) is 0 Å². The van der Waals surface area contributed by atoms with Crippen LogP contribution in [0.4, 0.5) is 0 Å². The summed E-state index contributed by atoms with van der Waals surface area (Å²) in [5.41, 5.74) is 5.61. The van der Waals surface area contributed by atoms with Crippen molar-refractivity contribution in [2.45, 2.75) is 0 Å². The number of H-pyrrole nitrogens is 1. The van der Waals surface area contributed by atoms with Crippen molar-refractivity contribution >= 4 is 23.5 Å². The third kappa shape index (κ3) is 3.76. The third-order valence-electron chi connectivity index (χ3n) is 2.52. The molecule has 0 aliphatic rings. The number of hydrazone groups is 1. The van der Waals surface area contributed by atoms with Crippen LogP contribution < -0.4 is 10.7 Å². The first-order valence-electron chi connectivity index (χ1n) is 6.08. The first kappa shape index (κ1) is 14.0. The van der Waals surface area contributed by atoms with Crippen LogP contribution in [0.1, 0.15) is 5.69 Å². The average Bonchev–Trinajstić information content (AvgIpc) is 2.94. The number of nitrogens with one attached hydrogen (secondary N) is 3. The zero-order valence-electron chi connectivity index (χ0n) is 10.8. The quantitative estimate of drug-likeness (QED) is 0.340. The Morgan fingerprint density at radius 3 is 2.95 bits per heavy atom. The molecule has 0 radical (unpaired) electrons. The predicted molar refractivity (Wildman–Crippen MR) is 85.6 cm³/mol. The Labute approximate surface area is 122 Å². The summed E-state index contributed by atoms with van der Waals surface area (Å²) in [6.07, 6.45) is 5.14. The Balaban J connectivity index is 2.02. The zero-order valence-corrected chi connectivity index (χ0v) is 11.7. The molecule has 1 aromatic carbocycles. The fraction of sp³-hybridized carbons (Fsp3) is 0.0714. The van der Waals surface area contributed by atoms with Crippen LogP contribution >= 0.6 is 12.2 Å². The molecule has 0 aliphatic carbocycles. The smallest absolute Gasteiger partial charge is 0.187 e. The molecule has 102 valence electrons. The van der Waals surface area contributed by atoms with E-state index in [4.69, 9.17) is 12.2 Å². The lowest BCUT2D eigenvalue weighted by molar-refractivity contribution is 0.940. The molecule has 3 N–H and O–H groups in total. The lowest BCUT2D eigenvalue weighted by atomic mass is 10.1. The maximum atomic E-state index is 5.03. The van der Waals surface area contributed by atoms with Crippen LogP contribution in [0, 0.1) is 0 Å². The van der Waals surface area contributed by atoms with E-state index in [9.17, 15) is 0 Å². The Bertz CT molecular complexity index is 603. The predicted octanol–water partition coefficient (Wildman–Crippen LogP) is 2.06. The van der Waals surface area contributed by atoms with E-state index >= 15 is 0 Å². The van der Waals surface area contributed by atoms with E-state index in [0.29, 0.717) is 11.7 Å². The van der Waals surface area contributed by atoms with Gasteiger partial charge in [-0.15, -0.1) is 6.58 Å². The second kappa shape index (κ2) is 7.20. The van der Waals surface area contributed by atoms with Gasteiger partial charge in [0.25, 0.3) is 0 Å². The van der Waals surface area contributed by atoms with Gasteiger partial charge in [-0.3, -0.25) is 10.5 Å². The van der Waals surface area contributed by atoms with Gasteiger partial charge in [-0.25, -0.2) is 0 Å². The van der Waals surface area contributed by atoms with Gasteiger partial charge in [0, 0.05) is 12.1 Å². The highest BCUT2D eigenvalue weighted by atomic mass is 32.1. The molecule has 0 unspecified atom stereocenters. The number of aromatic nitrogens is 2. The monoisotopic (exact) mass is 285 g/mol. The Hall–Kier alpha value is -2.47. The summed E-state index contributed by atoms with van der Waals surface area (Å²) in [5, 5.41) is 14.4. The van der Waals surface area contributed by atoms with Gasteiger partial charge in [0.05, 0.1) is 18.1 Å². The summed E-state index contributed by atoms with van der Waals surface area (Å²) < 4.78 is 0. The van der Waals surface area contributed by atoms with Crippen molar-refractivity contribution < 1.29 is 0 Å². The van der Waals surface area contributed by atoms with Gasteiger partial charge in [0.15, 0.2) is 5.11 Å². The largest absolute Gasteiger partial charge is 0.358 e. The fourth-order valence-electron chi connectivity index (χ4n) is 1.60. The summed E-state index contributed by atoms with van der Waals surface area (Å²) in [6, 6.07) is 9.98. The number of rotatable bonds is 5. The number of aromatic amines is 1. The number of nitrogens with zero attached hydrogens (tertiary/aromatic N) is 2.